The van der Waals surface area contributed by atoms with E-state index in [1.165, 1.54) is 25.0 Å². The number of fused-ring (bicyclic) bond motifs is 1. The van der Waals surface area contributed by atoms with Gasteiger partial charge < -0.3 is 10.4 Å². The van der Waals surface area contributed by atoms with Gasteiger partial charge in [0.25, 0.3) is 0 Å². The second-order valence-electron chi connectivity index (χ2n) is 6.07. The van der Waals surface area contributed by atoms with Crippen molar-refractivity contribution in [1.82, 2.24) is 0 Å². The van der Waals surface area contributed by atoms with E-state index in [-0.39, 0.29) is 11.9 Å². The van der Waals surface area contributed by atoms with Crippen molar-refractivity contribution in [2.24, 2.45) is 5.92 Å². The summed E-state index contributed by atoms with van der Waals surface area (Å²) in [4.78, 5) is 0. The molecular weight excluding hydrogens is 241 g/mol. The number of halogens is 1. The maximum Gasteiger partial charge on any atom is 0.123 e. The average molecular weight is 263 g/mol. The number of nitrogens with one attached hydrogen (secondary N) is 1. The van der Waals surface area contributed by atoms with Gasteiger partial charge in [-0.3, -0.25) is 0 Å². The number of rotatable bonds is 2. The smallest absolute Gasteiger partial charge is 0.123 e. The molecular formula is C16H22FNO. The average Bonchev–Trinajstić information content (AvgIpc) is 2.42. The van der Waals surface area contributed by atoms with Crippen LogP contribution in [0.2, 0.25) is 0 Å². The van der Waals surface area contributed by atoms with E-state index < -0.39 is 5.60 Å². The van der Waals surface area contributed by atoms with Crippen LogP contribution in [0.1, 0.15) is 44.9 Å². The molecule has 0 amide bonds. The minimum atomic E-state index is -0.565. The van der Waals surface area contributed by atoms with E-state index in [0.717, 1.165) is 37.8 Å². The van der Waals surface area contributed by atoms with Crippen LogP contribution in [0, 0.1) is 11.7 Å². The highest BCUT2D eigenvalue weighted by molar-refractivity contribution is 5.44. The van der Waals surface area contributed by atoms with E-state index in [4.69, 9.17) is 0 Å². The summed E-state index contributed by atoms with van der Waals surface area (Å²) in [6, 6.07) is 6.55. The van der Waals surface area contributed by atoms with E-state index in [9.17, 15) is 9.50 Å². The van der Waals surface area contributed by atoms with E-state index in [1.54, 1.807) is 12.1 Å². The van der Waals surface area contributed by atoms with Crippen molar-refractivity contribution in [2.45, 2.75) is 56.6 Å². The Bertz CT molecular complexity index is 431. The van der Waals surface area contributed by atoms with Gasteiger partial charge in [0.2, 0.25) is 0 Å². The Morgan fingerprint density at radius 3 is 2.58 bits per heavy atom. The van der Waals surface area contributed by atoms with Gasteiger partial charge in [0.15, 0.2) is 0 Å². The minimum Gasteiger partial charge on any atom is -0.387 e. The van der Waals surface area contributed by atoms with Crippen molar-refractivity contribution in [3.05, 3.63) is 30.1 Å². The Morgan fingerprint density at radius 1 is 1.05 bits per heavy atom. The second kappa shape index (κ2) is 5.12. The number of hydrogen-bond donors (Lipinski definition) is 2. The van der Waals surface area contributed by atoms with Crippen LogP contribution in [0.3, 0.4) is 0 Å². The molecule has 3 atom stereocenters. The summed E-state index contributed by atoms with van der Waals surface area (Å²) < 4.78 is 12.9. The molecule has 0 aromatic heterocycles. The first-order valence-corrected chi connectivity index (χ1v) is 7.43. The van der Waals surface area contributed by atoms with Crippen molar-refractivity contribution in [3.8, 4) is 0 Å². The molecule has 3 heteroatoms. The van der Waals surface area contributed by atoms with Gasteiger partial charge in [0, 0.05) is 5.69 Å². The van der Waals surface area contributed by atoms with Gasteiger partial charge in [-0.15, -0.1) is 0 Å². The molecule has 2 nitrogen and oxygen atoms in total. The van der Waals surface area contributed by atoms with Crippen molar-refractivity contribution < 1.29 is 9.50 Å². The zero-order chi connectivity index (χ0) is 13.3. The molecule has 1 unspecified atom stereocenters. The molecule has 0 heterocycles. The second-order valence-corrected chi connectivity index (χ2v) is 6.07. The van der Waals surface area contributed by atoms with Crippen molar-refractivity contribution in [2.75, 3.05) is 5.32 Å². The van der Waals surface area contributed by atoms with Crippen LogP contribution >= 0.6 is 0 Å². The van der Waals surface area contributed by atoms with Gasteiger partial charge in [0.1, 0.15) is 5.82 Å². The van der Waals surface area contributed by atoms with Gasteiger partial charge in [-0.25, -0.2) is 4.39 Å². The van der Waals surface area contributed by atoms with E-state index in [1.807, 2.05) is 0 Å². The molecule has 2 fully saturated rings. The topological polar surface area (TPSA) is 32.3 Å². The molecule has 2 aliphatic carbocycles. The van der Waals surface area contributed by atoms with E-state index in [0.29, 0.717) is 5.92 Å². The zero-order valence-corrected chi connectivity index (χ0v) is 11.2. The molecule has 0 spiro atoms. The molecule has 1 aromatic rings. The highest BCUT2D eigenvalue weighted by Gasteiger charge is 2.47. The summed E-state index contributed by atoms with van der Waals surface area (Å²) in [6.45, 7) is 0. The Labute approximate surface area is 114 Å². The van der Waals surface area contributed by atoms with Crippen LogP contribution in [-0.2, 0) is 0 Å². The standard InChI is InChI=1S/C16H22FNO/c17-13-7-9-14(10-8-13)18-15-6-3-5-12-4-1-2-11-16(12,15)19/h7-10,12,15,18-19H,1-6,11H2/t12-,15-,16?/m1/s1. The molecule has 3 rings (SSSR count). The van der Waals surface area contributed by atoms with Crippen molar-refractivity contribution >= 4 is 5.69 Å². The Balaban J connectivity index is 1.77. The molecule has 0 saturated heterocycles. The lowest BCUT2D eigenvalue weighted by molar-refractivity contribution is -0.0835. The first-order chi connectivity index (χ1) is 9.18. The van der Waals surface area contributed by atoms with Crippen molar-refractivity contribution in [1.29, 1.82) is 0 Å². The van der Waals surface area contributed by atoms with E-state index in [2.05, 4.69) is 5.32 Å². The quantitative estimate of drug-likeness (QED) is 0.852. The normalized spacial score (nSPS) is 34.6. The molecule has 2 N–H and O–H groups in total. The van der Waals surface area contributed by atoms with Crippen LogP contribution in [0.5, 0.6) is 0 Å². The number of anilines is 1. The highest BCUT2D eigenvalue weighted by Crippen LogP contribution is 2.44. The fourth-order valence-electron chi connectivity index (χ4n) is 3.87. The predicted octanol–water partition coefficient (Wildman–Crippen LogP) is 3.71. The Kier molecular flexibility index (Phi) is 3.48. The fourth-order valence-corrected chi connectivity index (χ4v) is 3.87. The third-order valence-electron chi connectivity index (χ3n) is 4.92. The summed E-state index contributed by atoms with van der Waals surface area (Å²) in [6.07, 6.45) is 7.74. The third-order valence-corrected chi connectivity index (χ3v) is 4.92. The van der Waals surface area contributed by atoms with Crippen molar-refractivity contribution in [3.63, 3.8) is 0 Å². The summed E-state index contributed by atoms with van der Waals surface area (Å²) in [5.74, 6) is 0.219. The zero-order valence-electron chi connectivity index (χ0n) is 11.2. The fraction of sp³-hybridized carbons (Fsp3) is 0.625. The van der Waals surface area contributed by atoms with Gasteiger partial charge in [-0.2, -0.15) is 0 Å². The minimum absolute atomic E-state index is 0.108. The van der Waals surface area contributed by atoms with Gasteiger partial charge in [-0.1, -0.05) is 19.3 Å². The summed E-state index contributed by atoms with van der Waals surface area (Å²) in [5.41, 5.74) is 0.344. The lowest BCUT2D eigenvalue weighted by Gasteiger charge is -2.49. The van der Waals surface area contributed by atoms with Crippen LogP contribution in [-0.4, -0.2) is 16.7 Å². The van der Waals surface area contributed by atoms with Crippen LogP contribution in [0.25, 0.3) is 0 Å². The monoisotopic (exact) mass is 263 g/mol. The molecule has 0 bridgehead atoms. The lowest BCUT2D eigenvalue weighted by atomic mass is 9.65. The summed E-state index contributed by atoms with van der Waals surface area (Å²) in [5, 5.41) is 14.5. The Hall–Kier alpha value is -1.09. The largest absolute Gasteiger partial charge is 0.387 e. The summed E-state index contributed by atoms with van der Waals surface area (Å²) >= 11 is 0. The number of aliphatic hydroxyl groups is 1. The number of benzene rings is 1. The van der Waals surface area contributed by atoms with Gasteiger partial charge in [-0.05, 0) is 55.9 Å². The molecule has 0 radical (unpaired) electrons. The molecule has 19 heavy (non-hydrogen) atoms. The predicted molar refractivity (Wildman–Crippen MR) is 74.6 cm³/mol. The van der Waals surface area contributed by atoms with E-state index >= 15 is 0 Å². The highest BCUT2D eigenvalue weighted by atomic mass is 19.1. The molecule has 2 saturated carbocycles. The van der Waals surface area contributed by atoms with Gasteiger partial charge >= 0.3 is 0 Å². The molecule has 0 aliphatic heterocycles. The first kappa shape index (κ1) is 12.9. The first-order valence-electron chi connectivity index (χ1n) is 7.43. The Morgan fingerprint density at radius 2 is 1.79 bits per heavy atom. The SMILES string of the molecule is OC12CCCC[C@@H]1CCC[C@H]2Nc1ccc(F)cc1. The molecule has 2 aliphatic rings. The molecule has 1 aromatic carbocycles. The summed E-state index contributed by atoms with van der Waals surface area (Å²) in [7, 11) is 0. The van der Waals surface area contributed by atoms with Gasteiger partial charge in [0.05, 0.1) is 11.6 Å². The van der Waals surface area contributed by atoms with Crippen LogP contribution < -0.4 is 5.32 Å². The maximum absolute atomic E-state index is 12.9. The lowest BCUT2D eigenvalue weighted by Crippen LogP contribution is -2.56. The molecule has 104 valence electrons. The van der Waals surface area contributed by atoms with Crippen LogP contribution in [0.15, 0.2) is 24.3 Å². The van der Waals surface area contributed by atoms with Crippen LogP contribution in [0.4, 0.5) is 10.1 Å². The maximum atomic E-state index is 12.9. The third kappa shape index (κ3) is 2.48. The number of hydrogen-bond acceptors (Lipinski definition) is 2.